The molecule has 48 heavy (non-hydrogen) atoms. The Morgan fingerprint density at radius 2 is 1.73 bits per heavy atom. The molecule has 1 aliphatic carbocycles. The number of fused-ring (bicyclic) bond motifs is 4. The van der Waals surface area contributed by atoms with E-state index in [0.717, 1.165) is 63.8 Å². The molecule has 2 fully saturated rings. The van der Waals surface area contributed by atoms with Crippen LogP contribution in [0, 0.1) is 10.8 Å². The van der Waals surface area contributed by atoms with Crippen LogP contribution in [-0.2, 0) is 13.0 Å². The van der Waals surface area contributed by atoms with Gasteiger partial charge in [-0.1, -0.05) is 65.0 Å². The Morgan fingerprint density at radius 1 is 0.958 bits per heavy atom. The Morgan fingerprint density at radius 3 is 2.48 bits per heavy atom. The van der Waals surface area contributed by atoms with Crippen LogP contribution >= 0.6 is 0 Å². The average molecular weight is 649 g/mol. The summed E-state index contributed by atoms with van der Waals surface area (Å²) in [4.78, 5) is 13.1. The third-order valence-electron chi connectivity index (χ3n) is 11.9. The van der Waals surface area contributed by atoms with Gasteiger partial charge in [-0.15, -0.1) is 0 Å². The van der Waals surface area contributed by atoms with Gasteiger partial charge in [0.1, 0.15) is 0 Å². The van der Waals surface area contributed by atoms with E-state index in [1.807, 2.05) is 0 Å². The molecule has 5 heterocycles. The van der Waals surface area contributed by atoms with Gasteiger partial charge in [0.05, 0.1) is 23.3 Å². The van der Waals surface area contributed by atoms with Crippen molar-refractivity contribution >= 4 is 28.4 Å². The van der Waals surface area contributed by atoms with Gasteiger partial charge in [-0.2, -0.15) is 0 Å². The minimum absolute atomic E-state index is 0.0478. The van der Waals surface area contributed by atoms with Gasteiger partial charge < -0.3 is 14.9 Å². The van der Waals surface area contributed by atoms with Gasteiger partial charge >= 0.3 is 0 Å². The van der Waals surface area contributed by atoms with E-state index in [1.165, 1.54) is 115 Å². The molecule has 258 valence electrons. The lowest BCUT2D eigenvalue weighted by Gasteiger charge is -2.36. The van der Waals surface area contributed by atoms with Gasteiger partial charge in [-0.3, -0.25) is 14.8 Å². The van der Waals surface area contributed by atoms with Crippen LogP contribution < -0.4 is 4.90 Å². The molecule has 3 aromatic rings. The Labute approximate surface area is 290 Å². The fourth-order valence-corrected chi connectivity index (χ4v) is 8.91. The molecule has 2 atom stereocenters. The van der Waals surface area contributed by atoms with Crippen molar-refractivity contribution < 1.29 is 0 Å². The second-order valence-corrected chi connectivity index (χ2v) is 16.1. The Balaban J connectivity index is 1.37. The largest absolute Gasteiger partial charge is 0.368 e. The number of aryl methyl sites for hydroxylation is 1. The van der Waals surface area contributed by atoms with Crippen LogP contribution in [0.15, 0.2) is 36.5 Å². The van der Waals surface area contributed by atoms with Crippen LogP contribution in [0.5, 0.6) is 0 Å². The molecular weight excluding hydrogens is 589 g/mol. The van der Waals surface area contributed by atoms with Crippen molar-refractivity contribution in [2.24, 2.45) is 5.41 Å². The number of benzene rings is 1. The average Bonchev–Trinajstić information content (AvgIpc) is 3.92. The predicted octanol–water partition coefficient (Wildman–Crippen LogP) is 9.16. The monoisotopic (exact) mass is 648 g/mol. The van der Waals surface area contributed by atoms with Crippen molar-refractivity contribution in [3.8, 4) is 11.3 Å². The topological polar surface area (TPSA) is 51.4 Å². The van der Waals surface area contributed by atoms with Crippen molar-refractivity contribution in [3.63, 3.8) is 0 Å². The second kappa shape index (κ2) is 14.5. The minimum Gasteiger partial charge on any atom is -0.368 e. The zero-order valence-corrected chi connectivity index (χ0v) is 30.4. The highest BCUT2D eigenvalue weighted by Crippen LogP contribution is 2.43. The summed E-state index contributed by atoms with van der Waals surface area (Å²) in [5.41, 5.74) is 10.7. The fraction of sp³-hybridized carbons (Fsp3) is 0.619. The molecule has 3 aliphatic heterocycles. The second-order valence-electron chi connectivity index (χ2n) is 16.1. The van der Waals surface area contributed by atoms with E-state index in [-0.39, 0.29) is 11.3 Å². The zero-order valence-electron chi connectivity index (χ0n) is 30.4. The summed E-state index contributed by atoms with van der Waals surface area (Å²) in [6.07, 6.45) is 20.4. The van der Waals surface area contributed by atoms with Crippen molar-refractivity contribution in [2.45, 2.75) is 117 Å². The maximum atomic E-state index is 8.32. The maximum absolute atomic E-state index is 8.32. The van der Waals surface area contributed by atoms with Crippen LogP contribution in [-0.4, -0.2) is 77.4 Å². The molecule has 0 radical (unpaired) electrons. The SMILES string of the molecule is CCn1c(-c2cc(N3CCN(C4CC4)CC3)cnc2C(C)C=N)c2c3cc(ccc31)C1=CCCN(CCCCCCCCC(C)(C)C2)C1. The Bertz CT molecular complexity index is 1620. The summed E-state index contributed by atoms with van der Waals surface area (Å²) in [7, 11) is 0. The number of pyridine rings is 1. The van der Waals surface area contributed by atoms with Crippen LogP contribution in [0.25, 0.3) is 27.7 Å². The molecule has 7 rings (SSSR count). The number of hydrogen-bond acceptors (Lipinski definition) is 5. The standard InChI is InChI=1S/C42H60N6/c1-5-48-39-17-14-32-25-36(39)38(27-42(3,4)18-10-8-6-7-9-11-19-45-20-12-13-33(32)30-45)41(48)37-26-35(29-44-40(37)31(2)28-43)47-23-21-46(22-24-47)34-15-16-34/h13-14,17,25-26,28-29,31,34,43H,5-12,15-16,18-24,27,30H2,1-4H3. The summed E-state index contributed by atoms with van der Waals surface area (Å²) >= 11 is 0. The van der Waals surface area contributed by atoms with Crippen LogP contribution in [0.3, 0.4) is 0 Å². The third kappa shape index (κ3) is 7.16. The van der Waals surface area contributed by atoms with Gasteiger partial charge in [0.15, 0.2) is 0 Å². The van der Waals surface area contributed by atoms with E-state index in [9.17, 15) is 0 Å². The quantitative estimate of drug-likeness (QED) is 0.271. The molecule has 1 saturated heterocycles. The van der Waals surface area contributed by atoms with Crippen molar-refractivity contribution in [2.75, 3.05) is 50.7 Å². The van der Waals surface area contributed by atoms with Crippen LogP contribution in [0.4, 0.5) is 5.69 Å². The zero-order chi connectivity index (χ0) is 33.3. The van der Waals surface area contributed by atoms with Crippen LogP contribution in [0.1, 0.15) is 115 Å². The molecule has 6 heteroatoms. The smallest absolute Gasteiger partial charge is 0.0579 e. The first-order valence-electron chi connectivity index (χ1n) is 19.4. The van der Waals surface area contributed by atoms with E-state index in [4.69, 9.17) is 10.4 Å². The number of piperazine rings is 1. The Hall–Kier alpha value is -2.96. The predicted molar refractivity (Wildman–Crippen MR) is 204 cm³/mol. The van der Waals surface area contributed by atoms with Crippen molar-refractivity contribution in [1.82, 2.24) is 19.4 Å². The highest BCUT2D eigenvalue weighted by atomic mass is 15.3. The highest BCUT2D eigenvalue weighted by molar-refractivity contribution is 5.95. The fourth-order valence-electron chi connectivity index (χ4n) is 8.91. The lowest BCUT2D eigenvalue weighted by atomic mass is 9.79. The van der Waals surface area contributed by atoms with Gasteiger partial charge in [-0.05, 0) is 92.3 Å². The van der Waals surface area contributed by atoms with Gasteiger partial charge in [-0.25, -0.2) is 0 Å². The summed E-state index contributed by atoms with van der Waals surface area (Å²) < 4.78 is 2.58. The molecule has 6 nitrogen and oxygen atoms in total. The summed E-state index contributed by atoms with van der Waals surface area (Å²) in [5, 5.41) is 9.73. The molecule has 0 spiro atoms. The number of hydrogen-bond donors (Lipinski definition) is 1. The van der Waals surface area contributed by atoms with E-state index in [0.29, 0.717) is 0 Å². The molecule has 4 bridgehead atoms. The van der Waals surface area contributed by atoms with E-state index >= 15 is 0 Å². The maximum Gasteiger partial charge on any atom is 0.0579 e. The van der Waals surface area contributed by atoms with E-state index in [1.54, 1.807) is 6.21 Å². The first-order valence-corrected chi connectivity index (χ1v) is 19.4. The molecular formula is C42H60N6. The molecule has 1 N–H and O–H groups in total. The third-order valence-corrected chi connectivity index (χ3v) is 11.9. The number of nitrogens with one attached hydrogen (secondary N) is 1. The summed E-state index contributed by atoms with van der Waals surface area (Å²) in [6, 6.07) is 10.6. The number of anilines is 1. The van der Waals surface area contributed by atoms with E-state index < -0.39 is 0 Å². The molecule has 4 aliphatic rings. The molecule has 1 saturated carbocycles. The van der Waals surface area contributed by atoms with Gasteiger partial charge in [0.2, 0.25) is 0 Å². The first kappa shape index (κ1) is 33.5. The molecule has 2 unspecified atom stereocenters. The van der Waals surface area contributed by atoms with Crippen LogP contribution in [0.2, 0.25) is 0 Å². The number of nitrogens with zero attached hydrogens (tertiary/aromatic N) is 5. The molecule has 0 amide bonds. The summed E-state index contributed by atoms with van der Waals surface area (Å²) in [5.74, 6) is -0.0478. The van der Waals surface area contributed by atoms with Crippen molar-refractivity contribution in [3.05, 3.63) is 53.4 Å². The molecule has 1 aromatic carbocycles. The lowest BCUT2D eigenvalue weighted by Crippen LogP contribution is -2.47. The number of aromatic nitrogens is 2. The van der Waals surface area contributed by atoms with Gasteiger partial charge in [0, 0.05) is 80.5 Å². The Kier molecular flexibility index (Phi) is 10.1. The van der Waals surface area contributed by atoms with E-state index in [2.05, 4.69) is 83.5 Å². The highest BCUT2D eigenvalue weighted by Gasteiger charge is 2.32. The van der Waals surface area contributed by atoms with Crippen molar-refractivity contribution in [1.29, 1.82) is 5.41 Å². The number of rotatable bonds is 6. The first-order chi connectivity index (χ1) is 23.3. The molecule has 2 aromatic heterocycles. The normalized spacial score (nSPS) is 23.5. The minimum atomic E-state index is -0.0478. The van der Waals surface area contributed by atoms with Gasteiger partial charge in [0.25, 0.3) is 0 Å². The lowest BCUT2D eigenvalue weighted by molar-refractivity contribution is 0.248. The summed E-state index contributed by atoms with van der Waals surface area (Å²) in [6.45, 7) is 18.2.